The number of carbonyl (C=O) groups excluding carboxylic acids is 1. The standard InChI is InChI=1S/C17H23N3O3S/c1-11(2)10-18-15(21)12-5-6-13-14(9-12)19-17(24)20(16(13)22)7-4-8-23-3/h5-6,9,11H,4,7-8,10H2,1-3H3,(H,18,21)(H,19,24). The zero-order valence-electron chi connectivity index (χ0n) is 14.2. The van der Waals surface area contributed by atoms with Crippen LogP contribution in [0.1, 0.15) is 30.6 Å². The number of nitrogens with one attached hydrogen (secondary N) is 2. The molecule has 1 heterocycles. The van der Waals surface area contributed by atoms with E-state index in [0.717, 1.165) is 0 Å². The first kappa shape index (κ1) is 18.4. The molecule has 1 amide bonds. The Labute approximate surface area is 145 Å². The molecule has 0 aliphatic rings. The largest absolute Gasteiger partial charge is 0.385 e. The molecule has 0 radical (unpaired) electrons. The molecule has 2 rings (SSSR count). The summed E-state index contributed by atoms with van der Waals surface area (Å²) >= 11 is 5.28. The lowest BCUT2D eigenvalue weighted by atomic mass is 10.1. The van der Waals surface area contributed by atoms with Crippen molar-refractivity contribution in [3.63, 3.8) is 0 Å². The lowest BCUT2D eigenvalue weighted by Crippen LogP contribution is -2.27. The van der Waals surface area contributed by atoms with Crippen LogP contribution in [0.4, 0.5) is 0 Å². The van der Waals surface area contributed by atoms with Crippen molar-refractivity contribution in [2.45, 2.75) is 26.8 Å². The summed E-state index contributed by atoms with van der Waals surface area (Å²) in [5.74, 6) is 0.216. The van der Waals surface area contributed by atoms with Crippen LogP contribution in [0.5, 0.6) is 0 Å². The number of carbonyl (C=O) groups is 1. The van der Waals surface area contributed by atoms with Gasteiger partial charge in [-0.2, -0.15) is 0 Å². The average molecular weight is 349 g/mol. The second-order valence-electron chi connectivity index (χ2n) is 6.10. The molecule has 0 atom stereocenters. The van der Waals surface area contributed by atoms with Crippen molar-refractivity contribution in [3.05, 3.63) is 38.9 Å². The van der Waals surface area contributed by atoms with Gasteiger partial charge in [-0.05, 0) is 42.8 Å². The Bertz CT molecular complexity index is 839. The van der Waals surface area contributed by atoms with E-state index >= 15 is 0 Å². The molecule has 0 aliphatic carbocycles. The minimum atomic E-state index is -0.158. The molecule has 2 aromatic rings. The molecular weight excluding hydrogens is 326 g/mol. The summed E-state index contributed by atoms with van der Waals surface area (Å²) in [6.45, 7) is 5.73. The number of aromatic amines is 1. The quantitative estimate of drug-likeness (QED) is 0.595. The number of rotatable bonds is 7. The number of amides is 1. The van der Waals surface area contributed by atoms with E-state index in [9.17, 15) is 9.59 Å². The SMILES string of the molecule is COCCCn1c(=S)[nH]c2cc(C(=O)NCC(C)C)ccc2c1=O. The van der Waals surface area contributed by atoms with Gasteiger partial charge in [-0.3, -0.25) is 14.2 Å². The fraction of sp³-hybridized carbons (Fsp3) is 0.471. The molecular formula is C17H23N3O3S. The Morgan fingerprint density at radius 3 is 2.83 bits per heavy atom. The van der Waals surface area contributed by atoms with Gasteiger partial charge >= 0.3 is 0 Å². The Morgan fingerprint density at radius 1 is 1.42 bits per heavy atom. The first-order valence-electron chi connectivity index (χ1n) is 7.98. The summed E-state index contributed by atoms with van der Waals surface area (Å²) in [6.07, 6.45) is 0.703. The average Bonchev–Trinajstić information content (AvgIpc) is 2.55. The van der Waals surface area contributed by atoms with Gasteiger partial charge in [0.05, 0.1) is 10.9 Å². The molecule has 7 heteroatoms. The fourth-order valence-electron chi connectivity index (χ4n) is 2.36. The van der Waals surface area contributed by atoms with Crippen LogP contribution in [0.2, 0.25) is 0 Å². The minimum absolute atomic E-state index is 0.154. The van der Waals surface area contributed by atoms with Crippen molar-refractivity contribution < 1.29 is 9.53 Å². The normalized spacial score (nSPS) is 11.2. The summed E-state index contributed by atoms with van der Waals surface area (Å²) in [5.41, 5.74) is 0.925. The van der Waals surface area contributed by atoms with Crippen LogP contribution in [-0.2, 0) is 11.3 Å². The highest BCUT2D eigenvalue weighted by Crippen LogP contribution is 2.11. The van der Waals surface area contributed by atoms with Gasteiger partial charge in [0.15, 0.2) is 4.77 Å². The summed E-state index contributed by atoms with van der Waals surface area (Å²) in [7, 11) is 1.62. The van der Waals surface area contributed by atoms with E-state index in [0.29, 0.717) is 53.3 Å². The summed E-state index contributed by atoms with van der Waals surface area (Å²) in [6, 6.07) is 5.00. The summed E-state index contributed by atoms with van der Waals surface area (Å²) in [5, 5.41) is 3.38. The highest BCUT2D eigenvalue weighted by Gasteiger charge is 2.10. The van der Waals surface area contributed by atoms with Crippen LogP contribution in [0.25, 0.3) is 10.9 Å². The maximum Gasteiger partial charge on any atom is 0.262 e. The van der Waals surface area contributed by atoms with E-state index in [2.05, 4.69) is 10.3 Å². The third kappa shape index (κ3) is 4.30. The number of aromatic nitrogens is 2. The van der Waals surface area contributed by atoms with Crippen LogP contribution in [0.3, 0.4) is 0 Å². The molecule has 1 aromatic heterocycles. The second kappa shape index (κ2) is 8.21. The Morgan fingerprint density at radius 2 is 2.17 bits per heavy atom. The smallest absolute Gasteiger partial charge is 0.262 e. The van der Waals surface area contributed by atoms with E-state index in [1.165, 1.54) is 4.57 Å². The third-order valence-electron chi connectivity index (χ3n) is 3.65. The number of hydrogen-bond donors (Lipinski definition) is 2. The van der Waals surface area contributed by atoms with Gasteiger partial charge in [-0.1, -0.05) is 13.8 Å². The van der Waals surface area contributed by atoms with Gasteiger partial charge < -0.3 is 15.0 Å². The van der Waals surface area contributed by atoms with Crippen LogP contribution >= 0.6 is 12.2 Å². The maximum atomic E-state index is 12.6. The molecule has 0 fully saturated rings. The Kier molecular flexibility index (Phi) is 6.28. The number of H-pyrrole nitrogens is 1. The van der Waals surface area contributed by atoms with E-state index < -0.39 is 0 Å². The van der Waals surface area contributed by atoms with Gasteiger partial charge in [0.25, 0.3) is 11.5 Å². The lowest BCUT2D eigenvalue weighted by Gasteiger charge is -2.10. The molecule has 0 aliphatic heterocycles. The molecule has 6 nitrogen and oxygen atoms in total. The maximum absolute atomic E-state index is 12.6. The predicted molar refractivity (Wildman–Crippen MR) is 97.1 cm³/mol. The molecule has 0 spiro atoms. The predicted octanol–water partition coefficient (Wildman–Crippen LogP) is 2.48. The molecule has 0 unspecified atom stereocenters. The number of hydrogen-bond acceptors (Lipinski definition) is 4. The topological polar surface area (TPSA) is 76.1 Å². The molecule has 2 N–H and O–H groups in total. The number of fused-ring (bicyclic) bond motifs is 1. The van der Waals surface area contributed by atoms with E-state index in [1.54, 1.807) is 25.3 Å². The first-order valence-corrected chi connectivity index (χ1v) is 8.39. The van der Waals surface area contributed by atoms with E-state index in [4.69, 9.17) is 17.0 Å². The summed E-state index contributed by atoms with van der Waals surface area (Å²) < 4.78 is 6.88. The van der Waals surface area contributed by atoms with Gasteiger partial charge in [-0.15, -0.1) is 0 Å². The molecule has 0 saturated carbocycles. The molecule has 130 valence electrons. The van der Waals surface area contributed by atoms with Gasteiger partial charge in [0, 0.05) is 32.4 Å². The lowest BCUT2D eigenvalue weighted by molar-refractivity contribution is 0.0949. The zero-order chi connectivity index (χ0) is 17.7. The number of benzene rings is 1. The Hall–Kier alpha value is -1.99. The van der Waals surface area contributed by atoms with Gasteiger partial charge in [-0.25, -0.2) is 0 Å². The van der Waals surface area contributed by atoms with Crippen molar-refractivity contribution >= 4 is 29.0 Å². The molecule has 24 heavy (non-hydrogen) atoms. The molecule has 0 bridgehead atoms. The van der Waals surface area contributed by atoms with Crippen molar-refractivity contribution in [2.75, 3.05) is 20.3 Å². The number of nitrogens with zero attached hydrogens (tertiary/aromatic N) is 1. The minimum Gasteiger partial charge on any atom is -0.385 e. The van der Waals surface area contributed by atoms with E-state index in [1.807, 2.05) is 13.8 Å². The Balaban J connectivity index is 2.34. The third-order valence-corrected chi connectivity index (χ3v) is 3.97. The highest BCUT2D eigenvalue weighted by molar-refractivity contribution is 7.71. The van der Waals surface area contributed by atoms with Crippen molar-refractivity contribution in [1.29, 1.82) is 0 Å². The van der Waals surface area contributed by atoms with Gasteiger partial charge in [0.1, 0.15) is 0 Å². The van der Waals surface area contributed by atoms with Crippen LogP contribution in [-0.4, -0.2) is 35.7 Å². The fourth-order valence-corrected chi connectivity index (χ4v) is 2.65. The zero-order valence-corrected chi connectivity index (χ0v) is 15.0. The second-order valence-corrected chi connectivity index (χ2v) is 6.48. The highest BCUT2D eigenvalue weighted by atomic mass is 32.1. The van der Waals surface area contributed by atoms with Gasteiger partial charge in [0.2, 0.25) is 0 Å². The summed E-state index contributed by atoms with van der Waals surface area (Å²) in [4.78, 5) is 27.8. The van der Waals surface area contributed by atoms with E-state index in [-0.39, 0.29) is 11.5 Å². The molecule has 1 aromatic carbocycles. The van der Waals surface area contributed by atoms with Crippen molar-refractivity contribution in [1.82, 2.24) is 14.9 Å². The molecule has 0 saturated heterocycles. The van der Waals surface area contributed by atoms with Crippen LogP contribution < -0.4 is 10.9 Å². The van der Waals surface area contributed by atoms with Crippen LogP contribution in [0.15, 0.2) is 23.0 Å². The van der Waals surface area contributed by atoms with Crippen LogP contribution in [0, 0.1) is 10.7 Å². The number of ether oxygens (including phenoxy) is 1. The van der Waals surface area contributed by atoms with Crippen molar-refractivity contribution in [2.24, 2.45) is 5.92 Å². The van der Waals surface area contributed by atoms with Crippen molar-refractivity contribution in [3.8, 4) is 0 Å². The monoisotopic (exact) mass is 349 g/mol. The number of methoxy groups -OCH3 is 1. The first-order chi connectivity index (χ1) is 11.4.